The first kappa shape index (κ1) is 33.6. The van der Waals surface area contributed by atoms with Crippen molar-refractivity contribution in [1.29, 1.82) is 0 Å². The molecule has 0 aliphatic rings. The molecule has 0 aliphatic heterocycles. The molecule has 11 heteroatoms. The fraction of sp³-hybridized carbons (Fsp3) is 0.184. The van der Waals surface area contributed by atoms with Crippen LogP contribution in [0.2, 0.25) is 0 Å². The second-order valence-electron chi connectivity index (χ2n) is 12.6. The van der Waals surface area contributed by atoms with E-state index in [0.717, 1.165) is 21.8 Å². The third-order valence-corrected chi connectivity index (χ3v) is 9.77. The number of aromatic nitrogens is 2. The monoisotopic (exact) mass is 691 g/mol. The highest BCUT2D eigenvalue weighted by atomic mass is 32.1. The summed E-state index contributed by atoms with van der Waals surface area (Å²) in [6.45, 7) is 6.55. The molecule has 2 aromatic heterocycles. The first-order valence-corrected chi connectivity index (χ1v) is 17.3. The van der Waals surface area contributed by atoms with E-state index in [9.17, 15) is 18.8 Å². The van der Waals surface area contributed by atoms with Gasteiger partial charge in [0.15, 0.2) is 5.01 Å². The lowest BCUT2D eigenvalue weighted by Gasteiger charge is -2.25. The Morgan fingerprint density at radius 2 is 1.59 bits per heavy atom. The van der Waals surface area contributed by atoms with E-state index in [4.69, 9.17) is 4.98 Å². The maximum absolute atomic E-state index is 13.7. The zero-order chi connectivity index (χ0) is 34.7. The molecule has 0 saturated heterocycles. The van der Waals surface area contributed by atoms with E-state index >= 15 is 0 Å². The number of hydrogen-bond donors (Lipinski definition) is 2. The molecule has 4 aromatic carbocycles. The Morgan fingerprint density at radius 3 is 2.31 bits per heavy atom. The molecule has 3 amide bonds. The molecule has 0 spiro atoms. The van der Waals surface area contributed by atoms with E-state index in [1.807, 2.05) is 29.6 Å². The van der Waals surface area contributed by atoms with Crippen molar-refractivity contribution in [2.24, 2.45) is 0 Å². The van der Waals surface area contributed by atoms with Gasteiger partial charge in [0.2, 0.25) is 5.91 Å². The summed E-state index contributed by atoms with van der Waals surface area (Å²) >= 11 is 2.67. The summed E-state index contributed by atoms with van der Waals surface area (Å²) in [5, 5.41) is 8.84. The van der Waals surface area contributed by atoms with Crippen molar-refractivity contribution in [3.8, 4) is 10.6 Å². The Bertz CT molecular complexity index is 2140. The maximum Gasteiger partial charge on any atom is 0.281 e. The van der Waals surface area contributed by atoms with Crippen LogP contribution in [-0.2, 0) is 16.8 Å². The first-order valence-electron chi connectivity index (χ1n) is 15.6. The molecular formula is C38H34FN5O3S2. The predicted molar refractivity (Wildman–Crippen MR) is 193 cm³/mol. The van der Waals surface area contributed by atoms with Gasteiger partial charge in [-0.25, -0.2) is 14.4 Å². The van der Waals surface area contributed by atoms with Crippen LogP contribution in [0.25, 0.3) is 20.8 Å². The van der Waals surface area contributed by atoms with E-state index in [1.165, 1.54) is 39.7 Å². The topological polar surface area (TPSA) is 104 Å². The zero-order valence-corrected chi connectivity index (χ0v) is 29.0. The molecule has 2 heterocycles. The van der Waals surface area contributed by atoms with Gasteiger partial charge < -0.3 is 15.5 Å². The molecule has 6 rings (SSSR count). The highest BCUT2D eigenvalue weighted by Crippen LogP contribution is 2.33. The number of nitrogens with one attached hydrogen (secondary N) is 2. The van der Waals surface area contributed by atoms with Gasteiger partial charge in [0.1, 0.15) is 16.9 Å². The van der Waals surface area contributed by atoms with Crippen LogP contribution in [0.3, 0.4) is 0 Å². The zero-order valence-electron chi connectivity index (χ0n) is 27.4. The predicted octanol–water partition coefficient (Wildman–Crippen LogP) is 8.24. The van der Waals surface area contributed by atoms with E-state index in [2.05, 4.69) is 36.4 Å². The SMILES string of the molecule is CN(Cc1ccc(F)cc1)C(=O)[C@@H](NC(=O)c1nc2ccc(NC(=O)c3ccccc3-c3nc(C(C)(C)C)cs3)cc2s1)c1ccccc1. The lowest BCUT2D eigenvalue weighted by molar-refractivity contribution is -0.132. The smallest absolute Gasteiger partial charge is 0.281 e. The molecule has 6 aromatic rings. The van der Waals surface area contributed by atoms with E-state index < -0.39 is 11.9 Å². The van der Waals surface area contributed by atoms with Crippen molar-refractivity contribution >= 4 is 56.3 Å². The average Bonchev–Trinajstić information content (AvgIpc) is 3.77. The van der Waals surface area contributed by atoms with Crippen molar-refractivity contribution < 1.29 is 18.8 Å². The molecule has 248 valence electrons. The second-order valence-corrected chi connectivity index (χ2v) is 14.5. The largest absolute Gasteiger partial charge is 0.339 e. The minimum absolute atomic E-state index is 0.106. The van der Waals surface area contributed by atoms with E-state index in [-0.39, 0.29) is 34.6 Å². The van der Waals surface area contributed by atoms with Gasteiger partial charge in [-0.05, 0) is 47.5 Å². The number of hydrogen-bond acceptors (Lipinski definition) is 7. The number of halogens is 1. The van der Waals surface area contributed by atoms with Crippen LogP contribution < -0.4 is 10.6 Å². The number of amides is 3. The number of nitrogens with zero attached hydrogens (tertiary/aromatic N) is 3. The van der Waals surface area contributed by atoms with Gasteiger partial charge in [0.05, 0.1) is 15.9 Å². The molecule has 0 fully saturated rings. The van der Waals surface area contributed by atoms with Gasteiger partial charge >= 0.3 is 0 Å². The normalized spacial score (nSPS) is 12.0. The number of anilines is 1. The van der Waals surface area contributed by atoms with Crippen molar-refractivity contribution in [3.63, 3.8) is 0 Å². The Kier molecular flexibility index (Phi) is 9.66. The molecule has 1 atom stereocenters. The van der Waals surface area contributed by atoms with Gasteiger partial charge in [-0.1, -0.05) is 81.4 Å². The lowest BCUT2D eigenvalue weighted by atomic mass is 9.93. The summed E-state index contributed by atoms with van der Waals surface area (Å²) < 4.78 is 14.1. The van der Waals surface area contributed by atoms with E-state index in [1.54, 1.807) is 67.7 Å². The molecule has 0 unspecified atom stereocenters. The summed E-state index contributed by atoms with van der Waals surface area (Å²) in [6.07, 6.45) is 0. The first-order chi connectivity index (χ1) is 23.5. The Labute approximate surface area is 291 Å². The maximum atomic E-state index is 13.7. The quantitative estimate of drug-likeness (QED) is 0.159. The third-order valence-electron chi connectivity index (χ3n) is 7.88. The van der Waals surface area contributed by atoms with E-state index in [0.29, 0.717) is 27.0 Å². The van der Waals surface area contributed by atoms with Crippen LogP contribution in [0.4, 0.5) is 10.1 Å². The number of carbonyl (C=O) groups is 3. The van der Waals surface area contributed by atoms with Gasteiger partial charge in [0, 0.05) is 41.2 Å². The minimum Gasteiger partial charge on any atom is -0.339 e. The van der Waals surface area contributed by atoms with Gasteiger partial charge in [0.25, 0.3) is 11.8 Å². The van der Waals surface area contributed by atoms with Crippen molar-refractivity contribution in [2.75, 3.05) is 12.4 Å². The highest BCUT2D eigenvalue weighted by Gasteiger charge is 2.28. The van der Waals surface area contributed by atoms with Crippen LogP contribution >= 0.6 is 22.7 Å². The van der Waals surface area contributed by atoms with Crippen LogP contribution in [0.5, 0.6) is 0 Å². The average molecular weight is 692 g/mol. The van der Waals surface area contributed by atoms with Gasteiger partial charge in [-0.15, -0.1) is 22.7 Å². The molecule has 0 saturated carbocycles. The molecule has 0 bridgehead atoms. The van der Waals surface area contributed by atoms with Gasteiger partial charge in [-0.2, -0.15) is 0 Å². The fourth-order valence-electron chi connectivity index (χ4n) is 5.20. The molecule has 49 heavy (non-hydrogen) atoms. The molecule has 8 nitrogen and oxygen atoms in total. The van der Waals surface area contributed by atoms with Crippen LogP contribution in [-0.4, -0.2) is 39.6 Å². The lowest BCUT2D eigenvalue weighted by Crippen LogP contribution is -2.41. The number of carbonyl (C=O) groups excluding carboxylic acids is 3. The second kappa shape index (κ2) is 14.1. The number of fused-ring (bicyclic) bond motifs is 1. The highest BCUT2D eigenvalue weighted by molar-refractivity contribution is 7.20. The number of benzene rings is 4. The number of likely N-dealkylation sites (N-methyl/N-ethyl adjacent to an activating group) is 1. The van der Waals surface area contributed by atoms with Gasteiger partial charge in [-0.3, -0.25) is 14.4 Å². The molecule has 0 aliphatic carbocycles. The fourth-order valence-corrected chi connectivity index (χ4v) is 7.19. The van der Waals surface area contributed by atoms with Crippen LogP contribution in [0.1, 0.15) is 63.8 Å². The summed E-state index contributed by atoms with van der Waals surface area (Å²) in [5.41, 5.74) is 4.63. The standard InChI is InChI=1S/C38H34FN5O3S2/c1-38(2,3)31-22-48-35(42-31)28-13-9-8-12-27(28)33(45)40-26-18-19-29-30(20-26)49-36(41-29)34(46)43-32(24-10-6-5-7-11-24)37(47)44(4)21-23-14-16-25(39)17-15-23/h5-20,22,32H,21H2,1-4H3,(H,40,45)(H,43,46)/t32-/m0/s1. The van der Waals surface area contributed by atoms with Crippen molar-refractivity contribution in [3.05, 3.63) is 136 Å². The summed E-state index contributed by atoms with van der Waals surface area (Å²) in [7, 11) is 1.64. The van der Waals surface area contributed by atoms with Crippen LogP contribution in [0, 0.1) is 5.82 Å². The Hall–Kier alpha value is -5.26. The molecular weight excluding hydrogens is 658 g/mol. The Morgan fingerprint density at radius 1 is 0.878 bits per heavy atom. The van der Waals surface area contributed by atoms with Crippen molar-refractivity contribution in [2.45, 2.75) is 38.8 Å². The minimum atomic E-state index is -0.974. The summed E-state index contributed by atoms with van der Waals surface area (Å²) in [4.78, 5) is 51.5. The molecule has 2 N–H and O–H groups in total. The van der Waals surface area contributed by atoms with Crippen LogP contribution in [0.15, 0.2) is 102 Å². The molecule has 0 radical (unpaired) electrons. The summed E-state index contributed by atoms with van der Waals surface area (Å²) in [6, 6.07) is 26.6. The Balaban J connectivity index is 1.19. The number of rotatable bonds is 9. The number of thiazole rings is 2. The van der Waals surface area contributed by atoms with Crippen molar-refractivity contribution in [1.82, 2.24) is 20.2 Å². The third kappa shape index (κ3) is 7.74. The summed E-state index contributed by atoms with van der Waals surface area (Å²) in [5.74, 6) is -1.47.